The number of nitrogens with two attached hydrogens (primary N) is 1. The molecule has 0 radical (unpaired) electrons. The first-order valence-electron chi connectivity index (χ1n) is 6.62. The van der Waals surface area contributed by atoms with Gasteiger partial charge < -0.3 is 14.9 Å². The summed E-state index contributed by atoms with van der Waals surface area (Å²) in [6, 6.07) is 7.58. The van der Waals surface area contributed by atoms with Crippen LogP contribution in [0.25, 0.3) is 17.4 Å². The Balaban J connectivity index is 2.28. The number of carbonyl (C=O) groups excluding carboxylic acids is 1. The predicted molar refractivity (Wildman–Crippen MR) is 91.3 cm³/mol. The molecule has 24 heavy (non-hydrogen) atoms. The van der Waals surface area contributed by atoms with Gasteiger partial charge in [-0.25, -0.2) is 0 Å². The van der Waals surface area contributed by atoms with Gasteiger partial charge in [-0.2, -0.15) is 0 Å². The van der Waals surface area contributed by atoms with Gasteiger partial charge in [-0.15, -0.1) is 0 Å². The molecule has 0 fully saturated rings. The van der Waals surface area contributed by atoms with Crippen molar-refractivity contribution in [1.29, 1.82) is 0 Å². The lowest BCUT2D eigenvalue weighted by atomic mass is 10.1. The van der Waals surface area contributed by atoms with E-state index in [9.17, 15) is 14.9 Å². The van der Waals surface area contributed by atoms with Crippen LogP contribution in [-0.4, -0.2) is 23.1 Å². The largest absolute Gasteiger partial charge is 0.497 e. The number of ether oxygens (including phenoxy) is 1. The second kappa shape index (κ2) is 7.38. The number of hydrogen-bond donors (Lipinski definition) is 2. The van der Waals surface area contributed by atoms with Crippen LogP contribution in [0.3, 0.4) is 0 Å². The number of amides is 1. The Bertz CT molecular complexity index is 828. The van der Waals surface area contributed by atoms with Crippen molar-refractivity contribution >= 4 is 35.0 Å². The normalized spacial score (nSPS) is 10.5. The molecular formula is C15H13N3O5S. The average molecular weight is 347 g/mol. The summed E-state index contributed by atoms with van der Waals surface area (Å²) >= 11 is 4.54. The minimum Gasteiger partial charge on any atom is -0.497 e. The van der Waals surface area contributed by atoms with E-state index in [0.717, 1.165) is 0 Å². The van der Waals surface area contributed by atoms with Crippen LogP contribution in [0.15, 0.2) is 40.8 Å². The maximum absolute atomic E-state index is 11.4. The van der Waals surface area contributed by atoms with Crippen LogP contribution in [0.1, 0.15) is 5.76 Å². The molecule has 0 spiro atoms. The molecule has 1 aromatic heterocycles. The second-order valence-corrected chi connectivity index (χ2v) is 4.97. The molecule has 0 saturated carbocycles. The lowest BCUT2D eigenvalue weighted by Gasteiger charge is -2.03. The summed E-state index contributed by atoms with van der Waals surface area (Å²) in [6.45, 7) is 0. The number of nitrogens with zero attached hydrogens (tertiary/aromatic N) is 1. The molecule has 0 saturated heterocycles. The maximum atomic E-state index is 11.4. The van der Waals surface area contributed by atoms with Crippen LogP contribution in [0.4, 0.5) is 5.69 Å². The van der Waals surface area contributed by atoms with Crippen molar-refractivity contribution in [1.82, 2.24) is 5.32 Å². The number of nitro groups is 1. The molecule has 0 aliphatic carbocycles. The number of rotatable bonds is 5. The van der Waals surface area contributed by atoms with Gasteiger partial charge in [0.05, 0.1) is 23.7 Å². The molecule has 8 nitrogen and oxygen atoms in total. The predicted octanol–water partition coefficient (Wildman–Crippen LogP) is 2.24. The standard InChI is InChI=1S/C15H13N3O5S/c1-22-10-2-5-11(12(8-10)18(20)21)13-6-3-9(23-13)4-7-14(19)17-15(16)24/h2-8H,1H3,(H3,16,17,19,24)/b7-4+. The van der Waals surface area contributed by atoms with E-state index in [1.165, 1.54) is 31.4 Å². The van der Waals surface area contributed by atoms with Crippen LogP contribution in [0, 0.1) is 10.1 Å². The van der Waals surface area contributed by atoms with Gasteiger partial charge in [0.2, 0.25) is 5.91 Å². The van der Waals surface area contributed by atoms with E-state index in [-0.39, 0.29) is 10.8 Å². The van der Waals surface area contributed by atoms with E-state index < -0.39 is 10.8 Å². The molecule has 0 bridgehead atoms. The molecule has 2 rings (SSSR count). The Hall–Kier alpha value is -3.20. The van der Waals surface area contributed by atoms with Gasteiger partial charge in [0.15, 0.2) is 5.11 Å². The highest BCUT2D eigenvalue weighted by Crippen LogP contribution is 2.34. The molecule has 1 heterocycles. The van der Waals surface area contributed by atoms with Gasteiger partial charge in [0.25, 0.3) is 5.69 Å². The number of benzene rings is 1. The van der Waals surface area contributed by atoms with Crippen molar-refractivity contribution in [2.24, 2.45) is 5.73 Å². The summed E-state index contributed by atoms with van der Waals surface area (Å²) in [5.74, 6) is 0.495. The first-order chi connectivity index (χ1) is 11.4. The van der Waals surface area contributed by atoms with Gasteiger partial charge in [-0.05, 0) is 42.6 Å². The molecule has 0 aliphatic heterocycles. The summed E-state index contributed by atoms with van der Waals surface area (Å²) in [4.78, 5) is 22.1. The highest BCUT2D eigenvalue weighted by Gasteiger charge is 2.19. The average Bonchev–Trinajstić information content (AvgIpc) is 3.00. The fourth-order valence-electron chi connectivity index (χ4n) is 1.91. The Kier molecular flexibility index (Phi) is 5.27. The van der Waals surface area contributed by atoms with Gasteiger partial charge in [-0.3, -0.25) is 20.2 Å². The number of thiocarbonyl (C=S) groups is 1. The van der Waals surface area contributed by atoms with Crippen molar-refractivity contribution in [2.75, 3.05) is 7.11 Å². The molecule has 3 N–H and O–H groups in total. The Morgan fingerprint density at radius 3 is 2.79 bits per heavy atom. The van der Waals surface area contributed by atoms with Gasteiger partial charge in [0.1, 0.15) is 17.3 Å². The number of furan rings is 1. The van der Waals surface area contributed by atoms with Crippen molar-refractivity contribution in [3.05, 3.63) is 52.3 Å². The summed E-state index contributed by atoms with van der Waals surface area (Å²) in [6.07, 6.45) is 2.58. The number of methoxy groups -OCH3 is 1. The van der Waals surface area contributed by atoms with Gasteiger partial charge in [0, 0.05) is 6.08 Å². The molecule has 1 amide bonds. The molecule has 124 valence electrons. The van der Waals surface area contributed by atoms with Crippen molar-refractivity contribution < 1.29 is 18.9 Å². The highest BCUT2D eigenvalue weighted by atomic mass is 32.1. The topological polar surface area (TPSA) is 121 Å². The number of hydrogen-bond acceptors (Lipinski definition) is 6. The quantitative estimate of drug-likeness (QED) is 0.368. The second-order valence-electron chi connectivity index (χ2n) is 4.53. The zero-order valence-electron chi connectivity index (χ0n) is 12.5. The highest BCUT2D eigenvalue weighted by molar-refractivity contribution is 7.80. The van der Waals surface area contributed by atoms with Crippen LogP contribution < -0.4 is 15.8 Å². The Labute approximate surface area is 142 Å². The van der Waals surface area contributed by atoms with Crippen molar-refractivity contribution in [3.8, 4) is 17.1 Å². The lowest BCUT2D eigenvalue weighted by Crippen LogP contribution is -2.33. The van der Waals surface area contributed by atoms with E-state index in [4.69, 9.17) is 14.9 Å². The van der Waals surface area contributed by atoms with Crippen LogP contribution >= 0.6 is 12.2 Å². The smallest absolute Gasteiger partial charge is 0.284 e. The van der Waals surface area contributed by atoms with Crippen LogP contribution in [0.5, 0.6) is 5.75 Å². The number of nitrogens with one attached hydrogen (secondary N) is 1. The van der Waals surface area contributed by atoms with Gasteiger partial charge >= 0.3 is 0 Å². The third-order valence-electron chi connectivity index (χ3n) is 2.94. The van der Waals surface area contributed by atoms with Crippen LogP contribution in [-0.2, 0) is 4.79 Å². The Morgan fingerprint density at radius 1 is 1.42 bits per heavy atom. The van der Waals surface area contributed by atoms with E-state index in [0.29, 0.717) is 22.8 Å². The first-order valence-corrected chi connectivity index (χ1v) is 7.02. The zero-order valence-corrected chi connectivity index (χ0v) is 13.3. The molecule has 2 aromatic rings. The van der Waals surface area contributed by atoms with E-state index in [2.05, 4.69) is 17.5 Å². The minimum atomic E-state index is -0.522. The molecule has 0 aliphatic rings. The molecular weight excluding hydrogens is 334 g/mol. The zero-order chi connectivity index (χ0) is 17.7. The summed E-state index contributed by atoms with van der Waals surface area (Å²) in [7, 11) is 1.42. The lowest BCUT2D eigenvalue weighted by molar-refractivity contribution is -0.384. The fraction of sp³-hybridized carbons (Fsp3) is 0.0667. The molecule has 9 heteroatoms. The Morgan fingerprint density at radius 2 is 2.17 bits per heavy atom. The maximum Gasteiger partial charge on any atom is 0.284 e. The summed E-state index contributed by atoms with van der Waals surface area (Å²) in [5.41, 5.74) is 5.33. The minimum absolute atomic E-state index is 0.140. The monoisotopic (exact) mass is 347 g/mol. The third-order valence-corrected chi connectivity index (χ3v) is 3.04. The van der Waals surface area contributed by atoms with E-state index in [1.54, 1.807) is 18.2 Å². The van der Waals surface area contributed by atoms with E-state index in [1.807, 2.05) is 0 Å². The van der Waals surface area contributed by atoms with Crippen molar-refractivity contribution in [3.63, 3.8) is 0 Å². The fourth-order valence-corrected chi connectivity index (χ4v) is 2.01. The van der Waals surface area contributed by atoms with Crippen molar-refractivity contribution in [2.45, 2.75) is 0 Å². The number of nitro benzene ring substituents is 1. The summed E-state index contributed by atoms with van der Waals surface area (Å²) in [5, 5.41) is 13.3. The molecule has 1 aromatic carbocycles. The molecule has 0 atom stereocenters. The van der Waals surface area contributed by atoms with E-state index >= 15 is 0 Å². The number of carbonyl (C=O) groups is 1. The molecule has 0 unspecified atom stereocenters. The SMILES string of the molecule is COc1ccc(-c2ccc(/C=C/C(=O)NC(N)=S)o2)c([N+](=O)[O-])c1. The third kappa shape index (κ3) is 4.17. The summed E-state index contributed by atoms with van der Waals surface area (Å²) < 4.78 is 10.5. The first kappa shape index (κ1) is 17.2. The van der Waals surface area contributed by atoms with Gasteiger partial charge in [-0.1, -0.05) is 0 Å². The van der Waals surface area contributed by atoms with Crippen LogP contribution in [0.2, 0.25) is 0 Å².